The summed E-state index contributed by atoms with van der Waals surface area (Å²) in [6.45, 7) is 2.66. The van der Waals surface area contributed by atoms with Crippen LogP contribution in [-0.2, 0) is 18.8 Å². The zero-order chi connectivity index (χ0) is 24.3. The molecule has 5 aromatic rings. The number of ether oxygens (including phenoxy) is 1. The van der Waals surface area contributed by atoms with E-state index in [0.29, 0.717) is 52.8 Å². The summed E-state index contributed by atoms with van der Waals surface area (Å²) in [6.07, 6.45) is 9.41. The highest BCUT2D eigenvalue weighted by Gasteiger charge is 2.29. The van der Waals surface area contributed by atoms with Crippen molar-refractivity contribution in [1.82, 2.24) is 29.1 Å². The van der Waals surface area contributed by atoms with Gasteiger partial charge in [-0.3, -0.25) is 13.9 Å². The standard InChI is InChI=1S/C25H26N6O4/c1-4-18-9-17(5-6-34-18)31-22-19-7-14(15-10-26-29(2)12-15)8-20(32)23(19)35-24(22)21(28-25(31)33)16-11-27-30(3)13-16/h7-8,10-13,17-18,32H,4-6,9H2,1-3H3/t17?,18-/m0/s1. The van der Waals surface area contributed by atoms with Crippen LogP contribution < -0.4 is 5.69 Å². The van der Waals surface area contributed by atoms with Crippen LogP contribution in [-0.4, -0.2) is 46.9 Å². The summed E-state index contributed by atoms with van der Waals surface area (Å²) in [6, 6.07) is 3.50. The van der Waals surface area contributed by atoms with Crippen molar-refractivity contribution < 1.29 is 14.3 Å². The summed E-state index contributed by atoms with van der Waals surface area (Å²) in [5.74, 6) is -0.00731. The van der Waals surface area contributed by atoms with Crippen molar-refractivity contribution in [2.75, 3.05) is 6.61 Å². The van der Waals surface area contributed by atoms with Crippen molar-refractivity contribution in [2.24, 2.45) is 14.1 Å². The van der Waals surface area contributed by atoms with Gasteiger partial charge in [-0.15, -0.1) is 0 Å². The molecule has 0 bridgehead atoms. The normalized spacial score (nSPS) is 18.6. The number of nitrogens with zero attached hydrogens (tertiary/aromatic N) is 6. The van der Waals surface area contributed by atoms with E-state index < -0.39 is 0 Å². The van der Waals surface area contributed by atoms with Gasteiger partial charge in [0.25, 0.3) is 0 Å². The molecule has 4 aromatic heterocycles. The fourth-order valence-electron chi connectivity index (χ4n) is 5.06. The Kier molecular flexibility index (Phi) is 4.99. The van der Waals surface area contributed by atoms with E-state index in [4.69, 9.17) is 9.15 Å². The van der Waals surface area contributed by atoms with Gasteiger partial charge in [0.1, 0.15) is 11.2 Å². The maximum absolute atomic E-state index is 13.6. The lowest BCUT2D eigenvalue weighted by Gasteiger charge is -2.30. The molecule has 0 radical (unpaired) electrons. The minimum atomic E-state index is -0.355. The molecule has 1 unspecified atom stereocenters. The first-order valence-corrected chi connectivity index (χ1v) is 11.7. The number of rotatable bonds is 4. The molecule has 5 heterocycles. The molecule has 0 amide bonds. The second-order valence-corrected chi connectivity index (χ2v) is 9.15. The third-order valence-electron chi connectivity index (χ3n) is 6.79. The van der Waals surface area contributed by atoms with Crippen molar-refractivity contribution in [3.8, 4) is 28.1 Å². The number of aromatic hydroxyl groups is 1. The summed E-state index contributed by atoms with van der Waals surface area (Å²) in [7, 11) is 3.65. The summed E-state index contributed by atoms with van der Waals surface area (Å²) in [5.41, 5.74) is 3.75. The van der Waals surface area contributed by atoms with Crippen LogP contribution >= 0.6 is 0 Å². The van der Waals surface area contributed by atoms with Crippen molar-refractivity contribution >= 4 is 22.1 Å². The Hall–Kier alpha value is -3.92. The van der Waals surface area contributed by atoms with Crippen LogP contribution in [0.3, 0.4) is 0 Å². The predicted molar refractivity (Wildman–Crippen MR) is 130 cm³/mol. The smallest absolute Gasteiger partial charge is 0.349 e. The number of aryl methyl sites for hydroxylation is 2. The number of phenols is 1. The largest absolute Gasteiger partial charge is 0.504 e. The number of aromatic nitrogens is 6. The second-order valence-electron chi connectivity index (χ2n) is 9.15. The highest BCUT2D eigenvalue weighted by atomic mass is 16.5. The molecule has 180 valence electrons. The molecule has 0 aliphatic carbocycles. The van der Waals surface area contributed by atoms with E-state index in [1.165, 1.54) is 0 Å². The van der Waals surface area contributed by atoms with Crippen molar-refractivity contribution in [2.45, 2.75) is 38.3 Å². The third-order valence-corrected chi connectivity index (χ3v) is 6.79. The Balaban J connectivity index is 1.68. The van der Waals surface area contributed by atoms with E-state index in [9.17, 15) is 9.90 Å². The Morgan fingerprint density at radius 1 is 1.06 bits per heavy atom. The Morgan fingerprint density at radius 2 is 1.80 bits per heavy atom. The average molecular weight is 475 g/mol. The molecule has 35 heavy (non-hydrogen) atoms. The molecule has 1 fully saturated rings. The van der Waals surface area contributed by atoms with E-state index in [1.807, 2.05) is 19.3 Å². The van der Waals surface area contributed by atoms with Gasteiger partial charge in [-0.25, -0.2) is 4.79 Å². The summed E-state index contributed by atoms with van der Waals surface area (Å²) in [5, 5.41) is 20.1. The summed E-state index contributed by atoms with van der Waals surface area (Å²) in [4.78, 5) is 18.0. The average Bonchev–Trinajstić information content (AvgIpc) is 3.57. The lowest BCUT2D eigenvalue weighted by Crippen LogP contribution is -2.34. The minimum Gasteiger partial charge on any atom is -0.504 e. The third kappa shape index (κ3) is 3.52. The molecule has 10 heteroatoms. The van der Waals surface area contributed by atoms with Crippen LogP contribution in [0, 0.1) is 0 Å². The van der Waals surface area contributed by atoms with Crippen LogP contribution in [0.5, 0.6) is 5.75 Å². The molecule has 6 rings (SSSR count). The SMILES string of the molecule is CC[C@H]1CC(n2c(=O)nc(-c3cnn(C)c3)c3oc4c(O)cc(-c5cnn(C)c5)cc4c32)CCO1. The Morgan fingerprint density at radius 3 is 2.49 bits per heavy atom. The Labute approximate surface area is 200 Å². The van der Waals surface area contributed by atoms with Gasteiger partial charge in [0.05, 0.1) is 18.5 Å². The fourth-order valence-corrected chi connectivity index (χ4v) is 5.06. The van der Waals surface area contributed by atoms with Gasteiger partial charge in [-0.1, -0.05) is 6.92 Å². The van der Waals surface area contributed by atoms with Gasteiger partial charge in [0.15, 0.2) is 16.9 Å². The highest BCUT2D eigenvalue weighted by Crippen LogP contribution is 2.41. The first-order valence-electron chi connectivity index (χ1n) is 11.7. The Bertz CT molecular complexity index is 1620. The molecule has 10 nitrogen and oxygen atoms in total. The molecule has 1 aliphatic rings. The second kappa shape index (κ2) is 8.09. The van der Waals surface area contributed by atoms with Gasteiger partial charge < -0.3 is 14.3 Å². The molecule has 0 saturated carbocycles. The number of benzene rings is 1. The zero-order valence-corrected chi connectivity index (χ0v) is 19.8. The van der Waals surface area contributed by atoms with E-state index in [0.717, 1.165) is 17.5 Å². The van der Waals surface area contributed by atoms with E-state index in [1.54, 1.807) is 45.6 Å². The maximum Gasteiger partial charge on any atom is 0.349 e. The molecule has 2 atom stereocenters. The van der Waals surface area contributed by atoms with Crippen molar-refractivity contribution in [3.05, 3.63) is 47.4 Å². The van der Waals surface area contributed by atoms with Crippen LogP contribution in [0.25, 0.3) is 44.5 Å². The van der Waals surface area contributed by atoms with Crippen LogP contribution in [0.15, 0.2) is 46.1 Å². The quantitative estimate of drug-likeness (QED) is 0.422. The molecular formula is C25H26N6O4. The lowest BCUT2D eigenvalue weighted by atomic mass is 10.00. The number of fused-ring (bicyclic) bond motifs is 3. The van der Waals surface area contributed by atoms with Crippen LogP contribution in [0.4, 0.5) is 0 Å². The molecule has 1 aliphatic heterocycles. The van der Waals surface area contributed by atoms with Crippen LogP contribution in [0.1, 0.15) is 32.2 Å². The van der Waals surface area contributed by atoms with E-state index in [-0.39, 0.29) is 23.6 Å². The number of phenolic OH excluding ortho intramolecular Hbond substituents is 1. The zero-order valence-electron chi connectivity index (χ0n) is 19.8. The molecule has 1 saturated heterocycles. The number of hydrogen-bond acceptors (Lipinski definition) is 7. The topological polar surface area (TPSA) is 113 Å². The molecule has 1 aromatic carbocycles. The van der Waals surface area contributed by atoms with E-state index in [2.05, 4.69) is 22.1 Å². The first-order chi connectivity index (χ1) is 16.9. The summed E-state index contributed by atoms with van der Waals surface area (Å²) >= 11 is 0. The molecule has 1 N–H and O–H groups in total. The lowest BCUT2D eigenvalue weighted by molar-refractivity contribution is -0.00709. The monoisotopic (exact) mass is 474 g/mol. The number of furan rings is 1. The van der Waals surface area contributed by atoms with Gasteiger partial charge in [-0.05, 0) is 37.0 Å². The van der Waals surface area contributed by atoms with Gasteiger partial charge in [0, 0.05) is 55.7 Å². The molecule has 0 spiro atoms. The van der Waals surface area contributed by atoms with Crippen LogP contribution in [0.2, 0.25) is 0 Å². The van der Waals surface area contributed by atoms with E-state index >= 15 is 0 Å². The predicted octanol–water partition coefficient (Wildman–Crippen LogP) is 3.78. The summed E-state index contributed by atoms with van der Waals surface area (Å²) < 4.78 is 17.2. The number of hydrogen-bond donors (Lipinski definition) is 1. The van der Waals surface area contributed by atoms with Crippen molar-refractivity contribution in [1.29, 1.82) is 0 Å². The minimum absolute atomic E-state index is 0.00731. The fraction of sp³-hybridized carbons (Fsp3) is 0.360. The van der Waals surface area contributed by atoms with Gasteiger partial charge in [-0.2, -0.15) is 15.2 Å². The molecular weight excluding hydrogens is 448 g/mol. The first kappa shape index (κ1) is 21.6. The van der Waals surface area contributed by atoms with Gasteiger partial charge in [0.2, 0.25) is 0 Å². The van der Waals surface area contributed by atoms with Crippen molar-refractivity contribution in [3.63, 3.8) is 0 Å². The highest BCUT2D eigenvalue weighted by molar-refractivity contribution is 6.09. The van der Waals surface area contributed by atoms with Gasteiger partial charge >= 0.3 is 5.69 Å². The maximum atomic E-state index is 13.6.